The van der Waals surface area contributed by atoms with Gasteiger partial charge in [0.05, 0.1) is 6.54 Å². The Morgan fingerprint density at radius 3 is 2.39 bits per heavy atom. The van der Waals surface area contributed by atoms with Crippen molar-refractivity contribution in [3.63, 3.8) is 0 Å². The number of rotatable bonds is 5. The number of likely N-dealkylation sites (tertiary alicyclic amines) is 1. The lowest BCUT2D eigenvalue weighted by molar-refractivity contribution is -0.129. The summed E-state index contributed by atoms with van der Waals surface area (Å²) in [6.45, 7) is 1.12. The summed E-state index contributed by atoms with van der Waals surface area (Å²) in [5.41, 5.74) is 0.521. The summed E-state index contributed by atoms with van der Waals surface area (Å²) in [7, 11) is 0. The van der Waals surface area contributed by atoms with Gasteiger partial charge in [0.25, 0.3) is 5.91 Å². The van der Waals surface area contributed by atoms with Crippen molar-refractivity contribution in [1.82, 2.24) is 15.5 Å². The molecule has 0 saturated carbocycles. The molecule has 0 spiro atoms. The number of amides is 3. The molecule has 6 nitrogen and oxygen atoms in total. The second-order valence-corrected chi connectivity index (χ2v) is 5.67. The van der Waals surface area contributed by atoms with Gasteiger partial charge in [0.1, 0.15) is 5.88 Å². The molecule has 0 aliphatic carbocycles. The van der Waals surface area contributed by atoms with Crippen LogP contribution >= 0.6 is 11.6 Å². The third-order valence-corrected chi connectivity index (χ3v) is 4.00. The highest BCUT2D eigenvalue weighted by Crippen LogP contribution is 2.10. The zero-order valence-electron chi connectivity index (χ0n) is 12.8. The highest BCUT2D eigenvalue weighted by molar-refractivity contribution is 6.27. The Kier molecular flexibility index (Phi) is 6.40. The molecule has 1 aliphatic heterocycles. The number of nitrogens with zero attached hydrogens (tertiary/aromatic N) is 1. The summed E-state index contributed by atoms with van der Waals surface area (Å²) in [6, 6.07) is 8.77. The number of carbonyl (C=O) groups excluding carboxylic acids is 3. The summed E-state index contributed by atoms with van der Waals surface area (Å²) >= 11 is 5.53. The van der Waals surface area contributed by atoms with E-state index in [1.807, 2.05) is 6.07 Å². The quantitative estimate of drug-likeness (QED) is 0.779. The molecule has 1 aliphatic rings. The van der Waals surface area contributed by atoms with E-state index in [0.29, 0.717) is 31.5 Å². The first kappa shape index (κ1) is 17.3. The number of nitrogens with one attached hydrogen (secondary N) is 2. The van der Waals surface area contributed by atoms with Crippen LogP contribution in [0.15, 0.2) is 30.3 Å². The van der Waals surface area contributed by atoms with Crippen LogP contribution in [0.5, 0.6) is 0 Å². The molecule has 1 fully saturated rings. The third kappa shape index (κ3) is 5.25. The number of carbonyl (C=O) groups is 3. The molecule has 1 saturated heterocycles. The normalized spacial score (nSPS) is 15.1. The third-order valence-electron chi connectivity index (χ3n) is 3.77. The molecule has 0 unspecified atom stereocenters. The van der Waals surface area contributed by atoms with E-state index in [1.165, 1.54) is 0 Å². The molecule has 0 aromatic heterocycles. The predicted molar refractivity (Wildman–Crippen MR) is 87.2 cm³/mol. The van der Waals surface area contributed by atoms with Crippen LogP contribution in [0.1, 0.15) is 23.2 Å². The molecule has 0 radical (unpaired) electrons. The van der Waals surface area contributed by atoms with Crippen LogP contribution in [-0.4, -0.2) is 54.2 Å². The van der Waals surface area contributed by atoms with Gasteiger partial charge in [-0.1, -0.05) is 18.2 Å². The van der Waals surface area contributed by atoms with Crippen molar-refractivity contribution >= 4 is 29.3 Å². The van der Waals surface area contributed by atoms with Crippen molar-refractivity contribution in [2.45, 2.75) is 18.9 Å². The summed E-state index contributed by atoms with van der Waals surface area (Å²) in [5, 5.41) is 5.47. The van der Waals surface area contributed by atoms with Crippen LogP contribution in [0.2, 0.25) is 0 Å². The average molecular weight is 338 g/mol. The van der Waals surface area contributed by atoms with E-state index in [0.717, 1.165) is 0 Å². The Labute approximate surface area is 140 Å². The number of benzene rings is 1. The zero-order valence-corrected chi connectivity index (χ0v) is 13.5. The lowest BCUT2D eigenvalue weighted by Crippen LogP contribution is -2.48. The van der Waals surface area contributed by atoms with E-state index in [4.69, 9.17) is 11.6 Å². The van der Waals surface area contributed by atoms with Gasteiger partial charge in [0.15, 0.2) is 0 Å². The lowest BCUT2D eigenvalue weighted by atomic mass is 10.1. The van der Waals surface area contributed by atoms with Gasteiger partial charge >= 0.3 is 0 Å². The molecule has 1 aromatic carbocycles. The van der Waals surface area contributed by atoms with Gasteiger partial charge in [0, 0.05) is 24.7 Å². The molecular weight excluding hydrogens is 318 g/mol. The van der Waals surface area contributed by atoms with Crippen LogP contribution in [0.3, 0.4) is 0 Å². The van der Waals surface area contributed by atoms with Gasteiger partial charge < -0.3 is 15.5 Å². The molecule has 7 heteroatoms. The number of halogens is 1. The minimum atomic E-state index is -0.275. The van der Waals surface area contributed by atoms with Crippen molar-refractivity contribution in [2.75, 3.05) is 25.5 Å². The highest BCUT2D eigenvalue weighted by atomic mass is 35.5. The topological polar surface area (TPSA) is 78.5 Å². The van der Waals surface area contributed by atoms with E-state index in [-0.39, 0.29) is 36.2 Å². The molecule has 0 atom stereocenters. The maximum atomic E-state index is 11.9. The maximum Gasteiger partial charge on any atom is 0.251 e. The largest absolute Gasteiger partial charge is 0.352 e. The van der Waals surface area contributed by atoms with Crippen molar-refractivity contribution < 1.29 is 14.4 Å². The second kappa shape index (κ2) is 8.53. The number of hydrogen-bond donors (Lipinski definition) is 2. The van der Waals surface area contributed by atoms with E-state index in [2.05, 4.69) is 10.6 Å². The standard InChI is InChI=1S/C16H20ClN3O3/c17-10-15(22)20-8-6-13(7-9-20)19-14(21)11-18-16(23)12-4-2-1-3-5-12/h1-5,13H,6-11H2,(H,18,23)(H,19,21). The fourth-order valence-electron chi connectivity index (χ4n) is 2.49. The molecule has 3 amide bonds. The molecule has 1 aromatic rings. The molecule has 2 rings (SSSR count). The Morgan fingerprint density at radius 2 is 1.78 bits per heavy atom. The summed E-state index contributed by atoms with van der Waals surface area (Å²) < 4.78 is 0. The van der Waals surface area contributed by atoms with Crippen molar-refractivity contribution in [2.24, 2.45) is 0 Å². The highest BCUT2D eigenvalue weighted by Gasteiger charge is 2.23. The molecule has 1 heterocycles. The summed E-state index contributed by atoms with van der Waals surface area (Å²) in [4.78, 5) is 36.9. The van der Waals surface area contributed by atoms with Crippen molar-refractivity contribution in [3.05, 3.63) is 35.9 Å². The number of hydrogen-bond acceptors (Lipinski definition) is 3. The van der Waals surface area contributed by atoms with Gasteiger partial charge in [-0.15, -0.1) is 11.6 Å². The summed E-state index contributed by atoms with van der Waals surface area (Å²) in [5.74, 6) is -0.589. The zero-order chi connectivity index (χ0) is 16.7. The first-order valence-electron chi connectivity index (χ1n) is 7.56. The average Bonchev–Trinajstić information content (AvgIpc) is 2.60. The van der Waals surface area contributed by atoms with Crippen LogP contribution < -0.4 is 10.6 Å². The minimum Gasteiger partial charge on any atom is -0.352 e. The minimum absolute atomic E-state index is 0.0114. The van der Waals surface area contributed by atoms with Gasteiger partial charge in [-0.2, -0.15) is 0 Å². The molecule has 23 heavy (non-hydrogen) atoms. The predicted octanol–water partition coefficient (Wildman–Crippen LogP) is 0.762. The first-order valence-corrected chi connectivity index (χ1v) is 8.10. The van der Waals surface area contributed by atoms with Gasteiger partial charge in [-0.25, -0.2) is 0 Å². The Balaban J connectivity index is 1.70. The van der Waals surface area contributed by atoms with Crippen LogP contribution in [0, 0.1) is 0 Å². The monoisotopic (exact) mass is 337 g/mol. The number of piperidine rings is 1. The SMILES string of the molecule is O=C(CNC(=O)c1ccccc1)NC1CCN(C(=O)CCl)CC1. The molecule has 2 N–H and O–H groups in total. The van der Waals surface area contributed by atoms with E-state index >= 15 is 0 Å². The Hall–Kier alpha value is -2.08. The lowest BCUT2D eigenvalue weighted by Gasteiger charge is -2.32. The van der Waals surface area contributed by atoms with Gasteiger partial charge in [-0.05, 0) is 25.0 Å². The molecule has 124 valence electrons. The van der Waals surface area contributed by atoms with Crippen LogP contribution in [-0.2, 0) is 9.59 Å². The second-order valence-electron chi connectivity index (χ2n) is 5.40. The van der Waals surface area contributed by atoms with E-state index < -0.39 is 0 Å². The maximum absolute atomic E-state index is 11.9. The smallest absolute Gasteiger partial charge is 0.251 e. The van der Waals surface area contributed by atoms with E-state index in [9.17, 15) is 14.4 Å². The van der Waals surface area contributed by atoms with Crippen molar-refractivity contribution in [1.29, 1.82) is 0 Å². The van der Waals surface area contributed by atoms with Crippen molar-refractivity contribution in [3.8, 4) is 0 Å². The molecule has 0 bridgehead atoms. The fraction of sp³-hybridized carbons (Fsp3) is 0.438. The van der Waals surface area contributed by atoms with Crippen LogP contribution in [0.4, 0.5) is 0 Å². The Bertz CT molecular complexity index is 557. The van der Waals surface area contributed by atoms with Gasteiger partial charge in [0.2, 0.25) is 11.8 Å². The molecular formula is C16H20ClN3O3. The summed E-state index contributed by atoms with van der Waals surface area (Å²) in [6.07, 6.45) is 1.39. The fourth-order valence-corrected chi connectivity index (χ4v) is 2.66. The Morgan fingerprint density at radius 1 is 1.13 bits per heavy atom. The van der Waals surface area contributed by atoms with E-state index in [1.54, 1.807) is 29.2 Å². The van der Waals surface area contributed by atoms with Crippen LogP contribution in [0.25, 0.3) is 0 Å². The first-order chi connectivity index (χ1) is 11.1. The van der Waals surface area contributed by atoms with Gasteiger partial charge in [-0.3, -0.25) is 14.4 Å². The number of alkyl halides is 1.